The van der Waals surface area contributed by atoms with Crippen LogP contribution in [0.1, 0.15) is 40.4 Å². The molecule has 0 radical (unpaired) electrons. The van der Waals surface area contributed by atoms with E-state index in [4.69, 9.17) is 14.7 Å². The maximum Gasteiger partial charge on any atom is 0.344 e. The normalized spacial score (nSPS) is 13.4. The molecule has 0 amide bonds. The largest absolute Gasteiger partial charge is 0.482 e. The second-order valence-electron chi connectivity index (χ2n) is 6.26. The van der Waals surface area contributed by atoms with Crippen molar-refractivity contribution in [2.75, 3.05) is 6.61 Å². The van der Waals surface area contributed by atoms with Gasteiger partial charge >= 0.3 is 5.97 Å². The van der Waals surface area contributed by atoms with E-state index in [-0.39, 0.29) is 12.4 Å². The number of fused-ring (bicyclic) bond motifs is 1. The molecule has 0 aromatic heterocycles. The van der Waals surface area contributed by atoms with Gasteiger partial charge in [-0.1, -0.05) is 12.1 Å². The Bertz CT molecular complexity index is 865. The molecule has 2 aromatic rings. The minimum absolute atomic E-state index is 0.216. The first-order valence-electron chi connectivity index (χ1n) is 8.55. The zero-order chi connectivity index (χ0) is 18.5. The molecule has 0 saturated heterocycles. The standard InChI is InChI=1S/C21H19NO4/c1-14(21(24)18-8-7-16-3-2-4-17(16)11-18)26-20(23)13-25-19-9-5-15(12-22)6-10-19/h5-11,14H,2-4,13H2,1H3. The molecule has 5 nitrogen and oxygen atoms in total. The number of hydrogen-bond donors (Lipinski definition) is 0. The van der Waals surface area contributed by atoms with Gasteiger partial charge in [0.1, 0.15) is 5.75 Å². The molecule has 1 aliphatic carbocycles. The first-order chi connectivity index (χ1) is 12.6. The van der Waals surface area contributed by atoms with Crippen LogP contribution >= 0.6 is 0 Å². The molecule has 0 heterocycles. The molecule has 5 heteroatoms. The average molecular weight is 349 g/mol. The maximum absolute atomic E-state index is 12.5. The van der Waals surface area contributed by atoms with Gasteiger partial charge in [-0.25, -0.2) is 4.79 Å². The summed E-state index contributed by atoms with van der Waals surface area (Å²) in [4.78, 5) is 24.4. The highest BCUT2D eigenvalue weighted by atomic mass is 16.6. The number of aryl methyl sites for hydroxylation is 2. The zero-order valence-electron chi connectivity index (χ0n) is 14.5. The van der Waals surface area contributed by atoms with Crippen LogP contribution in [-0.4, -0.2) is 24.5 Å². The van der Waals surface area contributed by atoms with E-state index in [0.29, 0.717) is 16.9 Å². The van der Waals surface area contributed by atoms with Crippen LogP contribution in [0.5, 0.6) is 5.75 Å². The third-order valence-electron chi connectivity index (χ3n) is 4.40. The predicted octanol–water partition coefficient (Wildman–Crippen LogP) is 3.24. The van der Waals surface area contributed by atoms with Gasteiger partial charge in [-0.3, -0.25) is 4.79 Å². The second kappa shape index (κ2) is 7.83. The fraction of sp³-hybridized carbons (Fsp3) is 0.286. The minimum Gasteiger partial charge on any atom is -0.482 e. The van der Waals surface area contributed by atoms with E-state index >= 15 is 0 Å². The van der Waals surface area contributed by atoms with Crippen molar-refractivity contribution in [1.82, 2.24) is 0 Å². The summed E-state index contributed by atoms with van der Waals surface area (Å²) < 4.78 is 10.5. The molecule has 0 spiro atoms. The van der Waals surface area contributed by atoms with Crippen molar-refractivity contribution in [3.8, 4) is 11.8 Å². The fourth-order valence-electron chi connectivity index (χ4n) is 3.01. The molecule has 1 unspecified atom stereocenters. The molecule has 132 valence electrons. The number of rotatable bonds is 6. The van der Waals surface area contributed by atoms with Gasteiger partial charge in [0.25, 0.3) is 0 Å². The Balaban J connectivity index is 1.53. The maximum atomic E-state index is 12.5. The van der Waals surface area contributed by atoms with Crippen LogP contribution in [0.3, 0.4) is 0 Å². The summed E-state index contributed by atoms with van der Waals surface area (Å²) >= 11 is 0. The lowest BCUT2D eigenvalue weighted by atomic mass is 10.0. The number of nitrogens with zero attached hydrogens (tertiary/aromatic N) is 1. The van der Waals surface area contributed by atoms with Gasteiger partial charge in [0, 0.05) is 5.56 Å². The number of hydrogen-bond acceptors (Lipinski definition) is 5. The number of carbonyl (C=O) groups excluding carboxylic acids is 2. The number of ketones is 1. The second-order valence-corrected chi connectivity index (χ2v) is 6.26. The number of ether oxygens (including phenoxy) is 2. The number of esters is 1. The Morgan fingerprint density at radius 2 is 1.85 bits per heavy atom. The molecule has 3 rings (SSSR count). The van der Waals surface area contributed by atoms with Crippen LogP contribution in [0.2, 0.25) is 0 Å². The lowest BCUT2D eigenvalue weighted by molar-refractivity contribution is -0.148. The molecule has 0 bridgehead atoms. The first kappa shape index (κ1) is 17.7. The van der Waals surface area contributed by atoms with Gasteiger partial charge in [-0.15, -0.1) is 0 Å². The van der Waals surface area contributed by atoms with Gasteiger partial charge in [0.2, 0.25) is 5.78 Å². The smallest absolute Gasteiger partial charge is 0.344 e. The molecule has 26 heavy (non-hydrogen) atoms. The predicted molar refractivity (Wildman–Crippen MR) is 95.0 cm³/mol. The van der Waals surface area contributed by atoms with Gasteiger partial charge in [-0.2, -0.15) is 5.26 Å². The third kappa shape index (κ3) is 4.09. The summed E-state index contributed by atoms with van der Waals surface area (Å²) in [6, 6.07) is 14.1. The molecular formula is C21H19NO4. The van der Waals surface area contributed by atoms with Crippen LogP contribution in [0.4, 0.5) is 0 Å². The lowest BCUT2D eigenvalue weighted by Crippen LogP contribution is -2.27. The topological polar surface area (TPSA) is 76.4 Å². The highest BCUT2D eigenvalue weighted by molar-refractivity contribution is 6.00. The van der Waals surface area contributed by atoms with Crippen molar-refractivity contribution in [3.05, 3.63) is 64.7 Å². The molecule has 0 fully saturated rings. The Morgan fingerprint density at radius 1 is 1.12 bits per heavy atom. The van der Waals surface area contributed by atoms with Crippen molar-refractivity contribution in [1.29, 1.82) is 5.26 Å². The summed E-state index contributed by atoms with van der Waals surface area (Å²) in [6.45, 7) is 1.27. The Morgan fingerprint density at radius 3 is 2.58 bits per heavy atom. The zero-order valence-corrected chi connectivity index (χ0v) is 14.5. The average Bonchev–Trinajstić information content (AvgIpc) is 3.13. The molecule has 1 aliphatic rings. The van der Waals surface area contributed by atoms with Crippen LogP contribution in [0.25, 0.3) is 0 Å². The van der Waals surface area contributed by atoms with Crippen LogP contribution in [0, 0.1) is 11.3 Å². The Labute approximate surface area is 152 Å². The van der Waals surface area contributed by atoms with Gasteiger partial charge < -0.3 is 9.47 Å². The van der Waals surface area contributed by atoms with Gasteiger partial charge in [-0.05, 0) is 67.6 Å². The van der Waals surface area contributed by atoms with E-state index in [0.717, 1.165) is 19.3 Å². The molecule has 0 N–H and O–H groups in total. The van der Waals surface area contributed by atoms with Crippen molar-refractivity contribution < 1.29 is 19.1 Å². The SMILES string of the molecule is CC(OC(=O)COc1ccc(C#N)cc1)C(=O)c1ccc2c(c1)CCC2. The van der Waals surface area contributed by atoms with E-state index in [9.17, 15) is 9.59 Å². The Hall–Kier alpha value is -3.13. The highest BCUT2D eigenvalue weighted by Crippen LogP contribution is 2.23. The van der Waals surface area contributed by atoms with Gasteiger partial charge in [0.05, 0.1) is 11.6 Å². The number of nitriles is 1. The van der Waals surface area contributed by atoms with E-state index in [1.807, 2.05) is 18.2 Å². The quantitative estimate of drug-likeness (QED) is 0.591. The lowest BCUT2D eigenvalue weighted by Gasteiger charge is -2.13. The minimum atomic E-state index is -0.869. The summed E-state index contributed by atoms with van der Waals surface area (Å²) in [5.74, 6) is -0.374. The summed E-state index contributed by atoms with van der Waals surface area (Å²) in [5, 5.41) is 8.75. The summed E-state index contributed by atoms with van der Waals surface area (Å²) in [7, 11) is 0. The van der Waals surface area contributed by atoms with E-state index < -0.39 is 12.1 Å². The van der Waals surface area contributed by atoms with Gasteiger partial charge in [0.15, 0.2) is 12.7 Å². The van der Waals surface area contributed by atoms with Crippen LogP contribution in [0.15, 0.2) is 42.5 Å². The fourth-order valence-corrected chi connectivity index (χ4v) is 3.01. The molecule has 0 aliphatic heterocycles. The van der Waals surface area contributed by atoms with Crippen molar-refractivity contribution in [2.24, 2.45) is 0 Å². The third-order valence-corrected chi connectivity index (χ3v) is 4.40. The van der Waals surface area contributed by atoms with Crippen molar-refractivity contribution in [2.45, 2.75) is 32.3 Å². The summed E-state index contributed by atoms with van der Waals surface area (Å²) in [5.41, 5.74) is 3.58. The molecule has 2 aromatic carbocycles. The number of benzene rings is 2. The molecule has 1 atom stereocenters. The van der Waals surface area contributed by atoms with Crippen molar-refractivity contribution in [3.63, 3.8) is 0 Å². The van der Waals surface area contributed by atoms with Crippen molar-refractivity contribution >= 4 is 11.8 Å². The molecular weight excluding hydrogens is 330 g/mol. The van der Waals surface area contributed by atoms with Crippen LogP contribution < -0.4 is 4.74 Å². The van der Waals surface area contributed by atoms with Crippen LogP contribution in [-0.2, 0) is 22.4 Å². The molecule has 0 saturated carbocycles. The van der Waals surface area contributed by atoms with E-state index in [1.165, 1.54) is 11.1 Å². The monoisotopic (exact) mass is 349 g/mol. The number of Topliss-reactive ketones (excluding diaryl/α,β-unsaturated/α-hetero) is 1. The number of carbonyl (C=O) groups is 2. The van der Waals surface area contributed by atoms with E-state index in [1.54, 1.807) is 37.3 Å². The highest BCUT2D eigenvalue weighted by Gasteiger charge is 2.21. The van der Waals surface area contributed by atoms with E-state index in [2.05, 4.69) is 0 Å². The Kier molecular flexibility index (Phi) is 5.33. The summed E-state index contributed by atoms with van der Waals surface area (Å²) in [6.07, 6.45) is 2.29. The first-order valence-corrected chi connectivity index (χ1v) is 8.55.